The first-order chi connectivity index (χ1) is 6.24. The lowest BCUT2D eigenvalue weighted by molar-refractivity contribution is 0.617. The van der Waals surface area contributed by atoms with Gasteiger partial charge in [0.15, 0.2) is 0 Å². The second-order valence-electron chi connectivity index (χ2n) is 3.33. The van der Waals surface area contributed by atoms with E-state index in [1.54, 1.807) is 10.8 Å². The van der Waals surface area contributed by atoms with Crippen LogP contribution in [0.2, 0.25) is 0 Å². The summed E-state index contributed by atoms with van der Waals surface area (Å²) >= 11 is 0. The minimum absolute atomic E-state index is 0.139. The average Bonchev–Trinajstić information content (AvgIpc) is 2.43. The van der Waals surface area contributed by atoms with Crippen LogP contribution in [0.15, 0.2) is 17.1 Å². The van der Waals surface area contributed by atoms with E-state index in [0.717, 1.165) is 18.9 Å². The van der Waals surface area contributed by atoms with Crippen molar-refractivity contribution in [3.63, 3.8) is 0 Å². The molecule has 0 saturated heterocycles. The average molecular weight is 179 g/mol. The minimum atomic E-state index is -0.139. The van der Waals surface area contributed by atoms with Crippen molar-refractivity contribution >= 4 is 5.82 Å². The van der Waals surface area contributed by atoms with Gasteiger partial charge in [-0.15, -0.1) is 0 Å². The summed E-state index contributed by atoms with van der Waals surface area (Å²) in [6.45, 7) is 5.91. The Morgan fingerprint density at radius 2 is 2.46 bits per heavy atom. The van der Waals surface area contributed by atoms with Gasteiger partial charge in [-0.2, -0.15) is 0 Å². The number of anilines is 1. The molecule has 0 aliphatic carbocycles. The lowest BCUT2D eigenvalue weighted by Gasteiger charge is -2.20. The summed E-state index contributed by atoms with van der Waals surface area (Å²) in [5, 5.41) is 0. The van der Waals surface area contributed by atoms with Crippen LogP contribution in [0.4, 0.5) is 5.82 Å². The third kappa shape index (κ3) is 1.13. The van der Waals surface area contributed by atoms with Gasteiger partial charge in [-0.3, -0.25) is 4.57 Å². The number of likely N-dealkylation sites (N-methyl/N-ethyl adjacent to an activating group) is 1. The molecule has 0 radical (unpaired) electrons. The molecular formula is C9H13N3O. The van der Waals surface area contributed by atoms with E-state index in [0.29, 0.717) is 6.04 Å². The number of aromatic nitrogens is 2. The maximum atomic E-state index is 11.3. The van der Waals surface area contributed by atoms with Crippen LogP contribution >= 0.6 is 0 Å². The molecule has 1 aliphatic heterocycles. The molecule has 1 unspecified atom stereocenters. The van der Waals surface area contributed by atoms with E-state index >= 15 is 0 Å². The first-order valence-electron chi connectivity index (χ1n) is 4.56. The molecule has 70 valence electrons. The molecule has 0 amide bonds. The first-order valence-corrected chi connectivity index (χ1v) is 4.56. The van der Waals surface area contributed by atoms with Gasteiger partial charge in [-0.25, -0.2) is 9.78 Å². The van der Waals surface area contributed by atoms with E-state index in [9.17, 15) is 4.79 Å². The predicted molar refractivity (Wildman–Crippen MR) is 51.0 cm³/mol. The molecule has 2 rings (SSSR count). The number of hydrogen-bond donors (Lipinski definition) is 0. The quantitative estimate of drug-likeness (QED) is 0.629. The molecule has 1 aliphatic rings. The van der Waals surface area contributed by atoms with Crippen LogP contribution in [0.25, 0.3) is 0 Å². The number of hydrogen-bond acceptors (Lipinski definition) is 3. The monoisotopic (exact) mass is 179 g/mol. The van der Waals surface area contributed by atoms with Gasteiger partial charge in [0.2, 0.25) is 0 Å². The van der Waals surface area contributed by atoms with Gasteiger partial charge in [-0.1, -0.05) is 0 Å². The molecule has 4 heteroatoms. The van der Waals surface area contributed by atoms with Crippen molar-refractivity contribution in [1.82, 2.24) is 9.55 Å². The molecule has 0 spiro atoms. The van der Waals surface area contributed by atoms with Crippen LogP contribution in [-0.4, -0.2) is 22.1 Å². The molecule has 0 saturated carbocycles. The van der Waals surface area contributed by atoms with Crippen molar-refractivity contribution in [2.45, 2.75) is 26.4 Å². The molecule has 0 bridgehead atoms. The lowest BCUT2D eigenvalue weighted by Crippen LogP contribution is -2.28. The minimum Gasteiger partial charge on any atom is -0.354 e. The zero-order chi connectivity index (χ0) is 9.42. The fourth-order valence-corrected chi connectivity index (χ4v) is 1.91. The highest BCUT2D eigenvalue weighted by atomic mass is 16.1. The Labute approximate surface area is 76.8 Å². The predicted octanol–water partition coefficient (Wildman–Crippen LogP) is 0.472. The van der Waals surface area contributed by atoms with Crippen LogP contribution in [0.3, 0.4) is 0 Å². The van der Waals surface area contributed by atoms with Crippen molar-refractivity contribution in [2.24, 2.45) is 0 Å². The fourth-order valence-electron chi connectivity index (χ4n) is 1.91. The molecule has 1 aromatic rings. The van der Waals surface area contributed by atoms with Gasteiger partial charge in [0.05, 0.1) is 0 Å². The van der Waals surface area contributed by atoms with Crippen molar-refractivity contribution in [3.05, 3.63) is 22.7 Å². The van der Waals surface area contributed by atoms with Gasteiger partial charge in [0.1, 0.15) is 5.82 Å². The third-order valence-corrected chi connectivity index (χ3v) is 2.53. The van der Waals surface area contributed by atoms with E-state index in [-0.39, 0.29) is 5.69 Å². The van der Waals surface area contributed by atoms with Crippen molar-refractivity contribution in [2.75, 3.05) is 11.4 Å². The normalized spacial score (nSPS) is 20.5. The van der Waals surface area contributed by atoms with Crippen molar-refractivity contribution < 1.29 is 0 Å². The van der Waals surface area contributed by atoms with Crippen LogP contribution in [0, 0.1) is 0 Å². The second-order valence-corrected chi connectivity index (χ2v) is 3.33. The zero-order valence-corrected chi connectivity index (χ0v) is 7.90. The molecule has 4 nitrogen and oxygen atoms in total. The standard InChI is InChI=1S/C9H13N3O/c1-3-11-7(2)6-12-8(11)4-5-10-9(12)13/h4-5,7H,3,6H2,1-2H3. The zero-order valence-electron chi connectivity index (χ0n) is 7.90. The maximum Gasteiger partial charge on any atom is 0.349 e. The van der Waals surface area contributed by atoms with Gasteiger partial charge < -0.3 is 4.90 Å². The van der Waals surface area contributed by atoms with Crippen LogP contribution in [0.5, 0.6) is 0 Å². The molecule has 2 heterocycles. The van der Waals surface area contributed by atoms with E-state index in [1.807, 2.05) is 6.07 Å². The Morgan fingerprint density at radius 3 is 3.15 bits per heavy atom. The molecule has 0 aromatic carbocycles. The third-order valence-electron chi connectivity index (χ3n) is 2.53. The van der Waals surface area contributed by atoms with Crippen molar-refractivity contribution in [3.8, 4) is 0 Å². The first kappa shape index (κ1) is 8.29. The number of fused-ring (bicyclic) bond motifs is 1. The second kappa shape index (κ2) is 2.87. The Kier molecular flexibility index (Phi) is 1.83. The summed E-state index contributed by atoms with van der Waals surface area (Å²) in [6, 6.07) is 2.30. The molecular weight excluding hydrogens is 166 g/mol. The van der Waals surface area contributed by atoms with E-state index < -0.39 is 0 Å². The SMILES string of the molecule is CCN1c2ccnc(=O)n2CC1C. The van der Waals surface area contributed by atoms with E-state index in [2.05, 4.69) is 23.7 Å². The highest BCUT2D eigenvalue weighted by molar-refractivity contribution is 5.42. The summed E-state index contributed by atoms with van der Waals surface area (Å²) in [7, 11) is 0. The fraction of sp³-hybridized carbons (Fsp3) is 0.556. The highest BCUT2D eigenvalue weighted by Crippen LogP contribution is 2.21. The smallest absolute Gasteiger partial charge is 0.349 e. The summed E-state index contributed by atoms with van der Waals surface area (Å²) in [6.07, 6.45) is 1.58. The Hall–Kier alpha value is -1.32. The van der Waals surface area contributed by atoms with Gasteiger partial charge in [0.25, 0.3) is 0 Å². The van der Waals surface area contributed by atoms with E-state index in [4.69, 9.17) is 0 Å². The molecule has 13 heavy (non-hydrogen) atoms. The largest absolute Gasteiger partial charge is 0.354 e. The van der Waals surface area contributed by atoms with Gasteiger partial charge in [0, 0.05) is 25.3 Å². The summed E-state index contributed by atoms with van der Waals surface area (Å²) in [5.74, 6) is 0.995. The lowest BCUT2D eigenvalue weighted by atomic mass is 10.3. The van der Waals surface area contributed by atoms with Gasteiger partial charge in [-0.05, 0) is 19.9 Å². The van der Waals surface area contributed by atoms with E-state index in [1.165, 1.54) is 0 Å². The van der Waals surface area contributed by atoms with Crippen molar-refractivity contribution in [1.29, 1.82) is 0 Å². The molecule has 0 fully saturated rings. The summed E-state index contributed by atoms with van der Waals surface area (Å²) in [4.78, 5) is 17.3. The Bertz CT molecular complexity index is 371. The Balaban J connectivity index is 2.54. The summed E-state index contributed by atoms with van der Waals surface area (Å²) in [5.41, 5.74) is -0.139. The topological polar surface area (TPSA) is 38.1 Å². The molecule has 0 N–H and O–H groups in total. The number of nitrogens with zero attached hydrogens (tertiary/aromatic N) is 3. The van der Waals surface area contributed by atoms with Crippen LogP contribution < -0.4 is 10.6 Å². The Morgan fingerprint density at radius 1 is 1.69 bits per heavy atom. The highest BCUT2D eigenvalue weighted by Gasteiger charge is 2.24. The number of rotatable bonds is 1. The van der Waals surface area contributed by atoms with Crippen LogP contribution in [-0.2, 0) is 6.54 Å². The molecule has 1 atom stereocenters. The molecule has 1 aromatic heterocycles. The summed E-state index contributed by atoms with van der Waals surface area (Å²) < 4.78 is 1.73. The maximum absolute atomic E-state index is 11.3. The van der Waals surface area contributed by atoms with Crippen LogP contribution in [0.1, 0.15) is 13.8 Å². The van der Waals surface area contributed by atoms with Gasteiger partial charge >= 0.3 is 5.69 Å².